The van der Waals surface area contributed by atoms with Crippen molar-refractivity contribution in [2.75, 3.05) is 18.4 Å². The summed E-state index contributed by atoms with van der Waals surface area (Å²) in [4.78, 5) is 18.4. The Kier molecular flexibility index (Phi) is 5.68. The Morgan fingerprint density at radius 2 is 1.96 bits per heavy atom. The number of nitrogens with zero attached hydrogens (tertiary/aromatic N) is 4. The smallest absolute Gasteiger partial charge is 0.323 e. The number of pyridine rings is 1. The van der Waals surface area contributed by atoms with E-state index in [1.807, 2.05) is 34.2 Å². The maximum Gasteiger partial charge on any atom is 0.323 e. The Morgan fingerprint density at radius 1 is 1.24 bits per heavy atom. The van der Waals surface area contributed by atoms with Crippen LogP contribution >= 0.6 is 0 Å². The molecule has 6 nitrogen and oxygen atoms in total. The number of urea groups is 1. The van der Waals surface area contributed by atoms with E-state index in [1.54, 1.807) is 0 Å². The molecule has 2 aromatic rings. The lowest BCUT2D eigenvalue weighted by Crippen LogP contribution is -2.40. The van der Waals surface area contributed by atoms with Gasteiger partial charge in [0.15, 0.2) is 5.82 Å². The van der Waals surface area contributed by atoms with Crippen molar-refractivity contribution in [3.8, 4) is 0 Å². The van der Waals surface area contributed by atoms with Gasteiger partial charge in [0.2, 0.25) is 0 Å². The van der Waals surface area contributed by atoms with Crippen molar-refractivity contribution >= 4 is 11.8 Å². The van der Waals surface area contributed by atoms with Crippen LogP contribution in [-0.4, -0.2) is 38.8 Å². The van der Waals surface area contributed by atoms with E-state index >= 15 is 0 Å². The number of anilines is 1. The maximum absolute atomic E-state index is 12.4. The highest BCUT2D eigenvalue weighted by Gasteiger charge is 2.24. The van der Waals surface area contributed by atoms with Crippen LogP contribution in [-0.2, 0) is 6.54 Å². The third-order valence-corrected chi connectivity index (χ3v) is 4.77. The fourth-order valence-corrected chi connectivity index (χ4v) is 3.18. The van der Waals surface area contributed by atoms with Crippen LogP contribution < -0.4 is 5.32 Å². The van der Waals surface area contributed by atoms with E-state index in [0.29, 0.717) is 17.7 Å². The first-order chi connectivity index (χ1) is 12.1. The maximum atomic E-state index is 12.4. The number of carbonyl (C=O) groups is 1. The highest BCUT2D eigenvalue weighted by Crippen LogP contribution is 2.27. The summed E-state index contributed by atoms with van der Waals surface area (Å²) < 4.78 is 1.89. The lowest BCUT2D eigenvalue weighted by atomic mass is 9.90. The van der Waals surface area contributed by atoms with Gasteiger partial charge in [-0.1, -0.05) is 13.8 Å². The molecule has 1 aliphatic rings. The summed E-state index contributed by atoms with van der Waals surface area (Å²) in [6.07, 6.45) is 8.65. The lowest BCUT2D eigenvalue weighted by molar-refractivity contribution is 0.194. The first-order valence-electron chi connectivity index (χ1n) is 9.11. The molecule has 1 saturated heterocycles. The highest BCUT2D eigenvalue weighted by atomic mass is 16.2. The molecule has 0 spiro atoms. The minimum absolute atomic E-state index is 0.0534. The van der Waals surface area contributed by atoms with Gasteiger partial charge in [-0.3, -0.25) is 15.0 Å². The Morgan fingerprint density at radius 3 is 2.64 bits per heavy atom. The Balaban J connectivity index is 1.48. The minimum atomic E-state index is -0.0534. The molecule has 0 bridgehead atoms. The molecule has 1 aliphatic heterocycles. The number of aryl methyl sites for hydroxylation is 1. The van der Waals surface area contributed by atoms with Crippen molar-refractivity contribution in [2.24, 2.45) is 5.92 Å². The number of carbonyl (C=O) groups excluding carboxylic acids is 1. The van der Waals surface area contributed by atoms with Crippen LogP contribution in [0.3, 0.4) is 0 Å². The zero-order valence-electron chi connectivity index (χ0n) is 15.1. The number of rotatable bonds is 5. The molecule has 3 heterocycles. The van der Waals surface area contributed by atoms with Crippen molar-refractivity contribution in [3.63, 3.8) is 0 Å². The van der Waals surface area contributed by atoms with Crippen molar-refractivity contribution in [1.29, 1.82) is 0 Å². The van der Waals surface area contributed by atoms with Gasteiger partial charge in [0, 0.05) is 44.3 Å². The number of aromatic nitrogens is 3. The molecule has 0 aromatic carbocycles. The fraction of sp³-hybridized carbons (Fsp3) is 0.526. The van der Waals surface area contributed by atoms with E-state index in [0.717, 1.165) is 38.9 Å². The Hall–Kier alpha value is -2.37. The van der Waals surface area contributed by atoms with Crippen LogP contribution in [0.2, 0.25) is 0 Å². The average molecular weight is 341 g/mol. The molecule has 0 atom stereocenters. The second-order valence-corrected chi connectivity index (χ2v) is 7.12. The average Bonchev–Trinajstić information content (AvgIpc) is 3.08. The summed E-state index contributed by atoms with van der Waals surface area (Å²) in [6.45, 7) is 6.81. The minimum Gasteiger partial charge on any atom is -0.324 e. The second-order valence-electron chi connectivity index (χ2n) is 7.12. The first kappa shape index (κ1) is 17.5. The van der Waals surface area contributed by atoms with E-state index in [-0.39, 0.29) is 6.03 Å². The van der Waals surface area contributed by atoms with Crippen molar-refractivity contribution in [2.45, 2.75) is 45.6 Å². The Bertz CT molecular complexity index is 674. The number of likely N-dealkylation sites (tertiary alicyclic amines) is 1. The van der Waals surface area contributed by atoms with E-state index in [1.165, 1.54) is 5.56 Å². The van der Waals surface area contributed by atoms with E-state index < -0.39 is 0 Å². The van der Waals surface area contributed by atoms with Crippen molar-refractivity contribution < 1.29 is 4.79 Å². The second kappa shape index (κ2) is 8.14. The van der Waals surface area contributed by atoms with E-state index in [2.05, 4.69) is 41.4 Å². The molecule has 1 fully saturated rings. The molecular formula is C19H27N5O. The van der Waals surface area contributed by atoms with E-state index in [4.69, 9.17) is 0 Å². The normalized spacial score (nSPS) is 15.6. The van der Waals surface area contributed by atoms with Gasteiger partial charge in [-0.2, -0.15) is 5.10 Å². The van der Waals surface area contributed by atoms with Crippen LogP contribution in [0.5, 0.6) is 0 Å². The summed E-state index contributed by atoms with van der Waals surface area (Å²) in [5.41, 5.74) is 1.32. The SMILES string of the molecule is CC(C)CCn1ccc(NC(=O)N2CCC(c3ccncc3)CC2)n1. The van der Waals surface area contributed by atoms with Crippen LogP contribution in [0.15, 0.2) is 36.8 Å². The standard InChI is InChI=1S/C19H27N5O/c1-15(2)5-13-24-14-8-18(22-24)21-19(25)23-11-6-17(7-12-23)16-3-9-20-10-4-16/h3-4,8-10,14-15,17H,5-7,11-13H2,1-2H3,(H,21,22,25). The first-order valence-corrected chi connectivity index (χ1v) is 9.11. The van der Waals surface area contributed by atoms with Gasteiger partial charge in [0.05, 0.1) is 0 Å². The molecule has 1 N–H and O–H groups in total. The van der Waals surface area contributed by atoms with Crippen LogP contribution in [0.4, 0.5) is 10.6 Å². The molecule has 0 unspecified atom stereocenters. The predicted octanol–water partition coefficient (Wildman–Crippen LogP) is 3.74. The van der Waals surface area contributed by atoms with Crippen molar-refractivity contribution in [1.82, 2.24) is 19.7 Å². The topological polar surface area (TPSA) is 63.1 Å². The third kappa shape index (κ3) is 4.81. The number of hydrogen-bond donors (Lipinski definition) is 1. The number of amides is 2. The Labute approximate surface area is 149 Å². The summed E-state index contributed by atoms with van der Waals surface area (Å²) in [5.74, 6) is 1.79. The van der Waals surface area contributed by atoms with E-state index in [9.17, 15) is 4.79 Å². The van der Waals surface area contributed by atoms with Crippen LogP contribution in [0.25, 0.3) is 0 Å². The highest BCUT2D eigenvalue weighted by molar-refractivity contribution is 5.88. The molecule has 6 heteroatoms. The van der Waals surface area contributed by atoms with Gasteiger partial charge in [-0.25, -0.2) is 4.79 Å². The number of nitrogens with one attached hydrogen (secondary N) is 1. The molecule has 0 saturated carbocycles. The molecule has 2 aromatic heterocycles. The predicted molar refractivity (Wildman–Crippen MR) is 98.5 cm³/mol. The zero-order chi connectivity index (χ0) is 17.6. The van der Waals surface area contributed by atoms with Crippen LogP contribution in [0, 0.1) is 5.92 Å². The summed E-state index contributed by atoms with van der Waals surface area (Å²) in [5, 5.41) is 7.35. The summed E-state index contributed by atoms with van der Waals surface area (Å²) >= 11 is 0. The van der Waals surface area contributed by atoms with Gasteiger partial charge in [0.1, 0.15) is 0 Å². The molecule has 25 heavy (non-hydrogen) atoms. The molecular weight excluding hydrogens is 314 g/mol. The molecule has 0 radical (unpaired) electrons. The molecule has 0 aliphatic carbocycles. The fourth-order valence-electron chi connectivity index (χ4n) is 3.18. The third-order valence-electron chi connectivity index (χ3n) is 4.77. The largest absolute Gasteiger partial charge is 0.324 e. The van der Waals surface area contributed by atoms with Gasteiger partial charge in [-0.15, -0.1) is 0 Å². The lowest BCUT2D eigenvalue weighted by Gasteiger charge is -2.32. The van der Waals surface area contributed by atoms with Crippen LogP contribution in [0.1, 0.15) is 44.6 Å². The quantitative estimate of drug-likeness (QED) is 0.901. The van der Waals surface area contributed by atoms with Gasteiger partial charge < -0.3 is 4.90 Å². The zero-order valence-corrected chi connectivity index (χ0v) is 15.1. The molecule has 134 valence electrons. The van der Waals surface area contributed by atoms with Crippen molar-refractivity contribution in [3.05, 3.63) is 42.4 Å². The summed E-state index contributed by atoms with van der Waals surface area (Å²) in [6, 6.07) is 5.96. The van der Waals surface area contributed by atoms with Gasteiger partial charge in [-0.05, 0) is 48.8 Å². The molecule has 3 rings (SSSR count). The van der Waals surface area contributed by atoms with Gasteiger partial charge in [0.25, 0.3) is 0 Å². The summed E-state index contributed by atoms with van der Waals surface area (Å²) in [7, 11) is 0. The monoisotopic (exact) mass is 341 g/mol. The number of piperidine rings is 1. The molecule has 2 amide bonds. The number of hydrogen-bond acceptors (Lipinski definition) is 3. The van der Waals surface area contributed by atoms with Gasteiger partial charge >= 0.3 is 6.03 Å².